The third kappa shape index (κ3) is 14.0. The Balaban J connectivity index is 2.47. The zero-order valence-electron chi connectivity index (χ0n) is 25.2. The number of rotatable bonds is 21. The molecule has 0 aromatic heterocycles. The van der Waals surface area contributed by atoms with E-state index in [0.29, 0.717) is 24.0 Å². The van der Waals surface area contributed by atoms with Crippen LogP contribution in [0.25, 0.3) is 0 Å². The van der Waals surface area contributed by atoms with E-state index < -0.39 is 48.1 Å². The number of aryl methyl sites for hydroxylation is 3. The maximum absolute atomic E-state index is 13.1. The first-order valence-electron chi connectivity index (χ1n) is 14.4. The zero-order valence-corrected chi connectivity index (χ0v) is 27.9. The summed E-state index contributed by atoms with van der Waals surface area (Å²) < 4.78 is 47.0. The molecule has 0 bridgehead atoms. The summed E-state index contributed by atoms with van der Waals surface area (Å²) in [4.78, 5) is 37.5. The van der Waals surface area contributed by atoms with Gasteiger partial charge in [-0.15, -0.1) is 0 Å². The first kappa shape index (κ1) is 38.9. The van der Waals surface area contributed by atoms with E-state index in [-0.39, 0.29) is 51.1 Å². The number of hydrogen-bond donors (Lipinski definition) is 8. The standard InChI is InChI=1S/C28H46NO12P3/c1-3-40-44(39,41-4-2)10-7-24-14-26(17-27(15-24)18-29-28(19-30,20-31)21-32)16-25-12-22(5-8-42(33,34)35)11-23(13-25)6-9-43(36,37)38/h11-15,17,29-32H,3-10,16,18-21H2,1-2H3,(H2,33,34,35)(H2,36,37,38). The monoisotopic (exact) mass is 681 g/mol. The lowest BCUT2D eigenvalue weighted by Crippen LogP contribution is -2.54. The average Bonchev–Trinajstić information content (AvgIpc) is 2.94. The molecule has 0 atom stereocenters. The second kappa shape index (κ2) is 17.6. The zero-order chi connectivity index (χ0) is 33.0. The number of aliphatic hydroxyl groups is 3. The van der Waals surface area contributed by atoms with Crippen LogP contribution in [0, 0.1) is 0 Å². The van der Waals surface area contributed by atoms with Crippen molar-refractivity contribution >= 4 is 22.8 Å². The van der Waals surface area contributed by atoms with E-state index in [9.17, 15) is 48.6 Å². The van der Waals surface area contributed by atoms with Crippen LogP contribution in [0.1, 0.15) is 47.2 Å². The first-order valence-corrected chi connectivity index (χ1v) is 19.7. The fraction of sp³-hybridized carbons (Fsp3) is 0.571. The normalized spacial score (nSPS) is 13.0. The highest BCUT2D eigenvalue weighted by Crippen LogP contribution is 2.48. The molecule has 0 heterocycles. The fourth-order valence-corrected chi connectivity index (χ4v) is 7.39. The molecule has 0 saturated heterocycles. The third-order valence-corrected chi connectivity index (χ3v) is 10.6. The quantitative estimate of drug-likeness (QED) is 0.0888. The Morgan fingerprint density at radius 2 is 0.977 bits per heavy atom. The summed E-state index contributed by atoms with van der Waals surface area (Å²) >= 11 is 0. The highest BCUT2D eigenvalue weighted by atomic mass is 31.2. The molecule has 13 nitrogen and oxygen atoms in total. The van der Waals surface area contributed by atoms with Crippen molar-refractivity contribution in [2.24, 2.45) is 0 Å². The van der Waals surface area contributed by atoms with Crippen LogP contribution in [0.15, 0.2) is 36.4 Å². The molecule has 44 heavy (non-hydrogen) atoms. The molecule has 0 aliphatic rings. The summed E-state index contributed by atoms with van der Waals surface area (Å²) in [6.45, 7) is 2.57. The van der Waals surface area contributed by atoms with Crippen molar-refractivity contribution in [2.45, 2.75) is 51.6 Å². The molecule has 2 aromatic carbocycles. The Morgan fingerprint density at radius 3 is 1.36 bits per heavy atom. The second-order valence-corrected chi connectivity index (χ2v) is 16.5. The second-order valence-electron chi connectivity index (χ2n) is 10.8. The van der Waals surface area contributed by atoms with E-state index in [1.165, 1.54) is 0 Å². The van der Waals surface area contributed by atoms with Crippen LogP contribution in [-0.4, -0.2) is 92.0 Å². The molecule has 0 saturated carbocycles. The lowest BCUT2D eigenvalue weighted by Gasteiger charge is -2.29. The van der Waals surface area contributed by atoms with Crippen molar-refractivity contribution in [2.75, 3.05) is 51.5 Å². The Hall–Kier alpha value is -1.27. The highest BCUT2D eigenvalue weighted by molar-refractivity contribution is 7.53. The van der Waals surface area contributed by atoms with Gasteiger partial charge in [-0.1, -0.05) is 36.4 Å². The molecule has 0 fully saturated rings. The van der Waals surface area contributed by atoms with E-state index in [0.717, 1.165) is 22.3 Å². The average molecular weight is 682 g/mol. The van der Waals surface area contributed by atoms with Crippen LogP contribution in [-0.2, 0) is 55.0 Å². The summed E-state index contributed by atoms with van der Waals surface area (Å²) in [7, 11) is -11.9. The van der Waals surface area contributed by atoms with Crippen molar-refractivity contribution in [3.8, 4) is 0 Å². The molecular formula is C28H46NO12P3. The summed E-state index contributed by atoms with van der Waals surface area (Å²) in [5.41, 5.74) is 3.07. The van der Waals surface area contributed by atoms with Gasteiger partial charge in [0.15, 0.2) is 0 Å². The Labute approximate surface area is 258 Å². The largest absolute Gasteiger partial charge is 0.394 e. The Kier molecular flexibility index (Phi) is 15.6. The molecule has 0 spiro atoms. The smallest absolute Gasteiger partial charge is 0.330 e. The summed E-state index contributed by atoms with van der Waals surface area (Å²) in [5, 5.41) is 32.2. The van der Waals surface area contributed by atoms with Gasteiger partial charge in [-0.05, 0) is 72.9 Å². The predicted octanol–water partition coefficient (Wildman–Crippen LogP) is 2.33. The van der Waals surface area contributed by atoms with Crippen molar-refractivity contribution in [3.05, 3.63) is 69.8 Å². The number of hydrogen-bond acceptors (Lipinski definition) is 9. The topological polar surface area (TPSA) is 223 Å². The number of aliphatic hydroxyl groups excluding tert-OH is 3. The molecule has 0 radical (unpaired) electrons. The maximum atomic E-state index is 13.1. The van der Waals surface area contributed by atoms with E-state index >= 15 is 0 Å². The van der Waals surface area contributed by atoms with E-state index in [1.54, 1.807) is 32.0 Å². The summed E-state index contributed by atoms with van der Waals surface area (Å²) in [6, 6.07) is 11.0. The van der Waals surface area contributed by atoms with E-state index in [1.807, 2.05) is 18.2 Å². The predicted molar refractivity (Wildman–Crippen MR) is 167 cm³/mol. The molecule has 8 N–H and O–H groups in total. The molecular weight excluding hydrogens is 635 g/mol. The van der Waals surface area contributed by atoms with Gasteiger partial charge >= 0.3 is 22.8 Å². The van der Waals surface area contributed by atoms with Gasteiger partial charge in [0.25, 0.3) is 0 Å². The Bertz CT molecular complexity index is 1280. The lowest BCUT2D eigenvalue weighted by molar-refractivity contribution is 0.0413. The highest BCUT2D eigenvalue weighted by Gasteiger charge is 2.27. The van der Waals surface area contributed by atoms with Gasteiger partial charge in [0.05, 0.1) is 57.1 Å². The molecule has 0 unspecified atom stereocenters. The van der Waals surface area contributed by atoms with Gasteiger partial charge in [-0.2, -0.15) is 0 Å². The lowest BCUT2D eigenvalue weighted by atomic mass is 9.95. The molecule has 2 aromatic rings. The number of benzene rings is 2. The SMILES string of the molecule is CCOP(=O)(CCc1cc(CNC(CO)(CO)CO)cc(Cc2cc(CCP(=O)(O)O)cc(CCP(=O)(O)O)c2)c1)OCC. The molecule has 0 aliphatic carbocycles. The summed E-state index contributed by atoms with van der Waals surface area (Å²) in [5.74, 6) is 0. The minimum Gasteiger partial charge on any atom is -0.394 e. The van der Waals surface area contributed by atoms with Crippen LogP contribution < -0.4 is 5.32 Å². The van der Waals surface area contributed by atoms with Crippen LogP contribution in [0.4, 0.5) is 0 Å². The third-order valence-electron chi connectivity index (χ3n) is 6.92. The fourth-order valence-electron chi connectivity index (χ4n) is 4.64. The Morgan fingerprint density at radius 1 is 0.614 bits per heavy atom. The van der Waals surface area contributed by atoms with E-state index in [4.69, 9.17) is 9.05 Å². The minimum atomic E-state index is -4.27. The minimum absolute atomic E-state index is 0.0753. The molecule has 16 heteroatoms. The molecule has 2 rings (SSSR count). The van der Waals surface area contributed by atoms with Gasteiger partial charge in [-0.3, -0.25) is 13.7 Å². The van der Waals surface area contributed by atoms with Crippen molar-refractivity contribution in [1.82, 2.24) is 5.32 Å². The van der Waals surface area contributed by atoms with Crippen molar-refractivity contribution in [3.63, 3.8) is 0 Å². The molecule has 0 aliphatic heterocycles. The van der Waals surface area contributed by atoms with Crippen LogP contribution in [0.5, 0.6) is 0 Å². The first-order chi connectivity index (χ1) is 20.6. The van der Waals surface area contributed by atoms with Gasteiger partial charge in [-0.25, -0.2) is 0 Å². The van der Waals surface area contributed by atoms with Gasteiger partial charge in [0.2, 0.25) is 0 Å². The van der Waals surface area contributed by atoms with Crippen LogP contribution in [0.3, 0.4) is 0 Å². The van der Waals surface area contributed by atoms with Crippen molar-refractivity contribution < 1.29 is 57.6 Å². The van der Waals surface area contributed by atoms with Gasteiger partial charge in [0.1, 0.15) is 0 Å². The molecule has 250 valence electrons. The van der Waals surface area contributed by atoms with Crippen molar-refractivity contribution in [1.29, 1.82) is 0 Å². The van der Waals surface area contributed by atoms with Crippen LogP contribution >= 0.6 is 22.8 Å². The van der Waals surface area contributed by atoms with E-state index in [2.05, 4.69) is 5.32 Å². The molecule has 0 amide bonds. The maximum Gasteiger partial charge on any atom is 0.330 e. The van der Waals surface area contributed by atoms with Gasteiger partial charge in [0, 0.05) is 6.54 Å². The van der Waals surface area contributed by atoms with Crippen LogP contribution in [0.2, 0.25) is 0 Å². The van der Waals surface area contributed by atoms with Gasteiger partial charge < -0.3 is 49.3 Å². The summed E-state index contributed by atoms with van der Waals surface area (Å²) in [6.07, 6.45) is 0.233. The number of nitrogens with one attached hydrogen (secondary N) is 1.